The fourth-order valence-electron chi connectivity index (χ4n) is 1.87. The summed E-state index contributed by atoms with van der Waals surface area (Å²) in [4.78, 5) is 20.0. The Kier molecular flexibility index (Phi) is 4.31. The van der Waals surface area contributed by atoms with Crippen LogP contribution in [0.15, 0.2) is 41.9 Å². The monoisotopic (exact) mass is 351 g/mol. The van der Waals surface area contributed by atoms with Crippen LogP contribution in [-0.4, -0.2) is 15.9 Å². The highest BCUT2D eigenvalue weighted by molar-refractivity contribution is 7.14. The predicted molar refractivity (Wildman–Crippen MR) is 84.7 cm³/mol. The van der Waals surface area contributed by atoms with Gasteiger partial charge in [0.25, 0.3) is 5.91 Å². The number of thiazole rings is 1. The summed E-state index contributed by atoms with van der Waals surface area (Å²) in [6, 6.07) is 6.20. The van der Waals surface area contributed by atoms with E-state index in [1.807, 2.05) is 0 Å². The molecule has 116 valence electrons. The van der Waals surface area contributed by atoms with Crippen molar-refractivity contribution in [3.05, 3.63) is 64.3 Å². The summed E-state index contributed by atoms with van der Waals surface area (Å²) in [5.74, 6) is -1.64. The van der Waals surface area contributed by atoms with Crippen LogP contribution in [-0.2, 0) is 0 Å². The van der Waals surface area contributed by atoms with Gasteiger partial charge in [0.1, 0.15) is 16.8 Å². The molecule has 0 aliphatic carbocycles. The van der Waals surface area contributed by atoms with Crippen LogP contribution in [0.2, 0.25) is 5.15 Å². The van der Waals surface area contributed by atoms with Crippen LogP contribution in [0.4, 0.5) is 13.9 Å². The quantitative estimate of drug-likeness (QED) is 0.712. The second-order valence-corrected chi connectivity index (χ2v) is 5.67. The molecule has 0 aliphatic rings. The third kappa shape index (κ3) is 3.35. The minimum atomic E-state index is -0.593. The smallest absolute Gasteiger partial charge is 0.260 e. The van der Waals surface area contributed by atoms with Gasteiger partial charge in [-0.05, 0) is 30.3 Å². The van der Waals surface area contributed by atoms with Gasteiger partial charge in [-0.15, -0.1) is 11.3 Å². The maximum Gasteiger partial charge on any atom is 0.260 e. The van der Waals surface area contributed by atoms with Gasteiger partial charge in [-0.2, -0.15) is 0 Å². The molecule has 1 N–H and O–H groups in total. The van der Waals surface area contributed by atoms with Crippen molar-refractivity contribution < 1.29 is 13.6 Å². The van der Waals surface area contributed by atoms with Crippen LogP contribution in [0, 0.1) is 11.6 Å². The highest BCUT2D eigenvalue weighted by Crippen LogP contribution is 2.28. The Morgan fingerprint density at radius 2 is 2.09 bits per heavy atom. The van der Waals surface area contributed by atoms with Gasteiger partial charge < -0.3 is 0 Å². The minimum Gasteiger partial charge on any atom is -0.298 e. The number of halogens is 3. The maximum atomic E-state index is 13.7. The lowest BCUT2D eigenvalue weighted by atomic mass is 10.1. The van der Waals surface area contributed by atoms with Gasteiger partial charge in [-0.3, -0.25) is 10.1 Å². The second kappa shape index (κ2) is 6.39. The minimum absolute atomic E-state index is 0.0289. The summed E-state index contributed by atoms with van der Waals surface area (Å²) in [7, 11) is 0. The van der Waals surface area contributed by atoms with Gasteiger partial charge in [0.2, 0.25) is 0 Å². The fourth-order valence-corrected chi connectivity index (χ4v) is 2.78. The van der Waals surface area contributed by atoms with E-state index < -0.39 is 17.5 Å². The van der Waals surface area contributed by atoms with E-state index in [-0.39, 0.29) is 27.1 Å². The molecular formula is C15H8ClF2N3OS. The summed E-state index contributed by atoms with van der Waals surface area (Å²) in [5.41, 5.74) is 0.462. The summed E-state index contributed by atoms with van der Waals surface area (Å²) in [5, 5.41) is 4.39. The Morgan fingerprint density at radius 1 is 1.26 bits per heavy atom. The van der Waals surface area contributed by atoms with Crippen molar-refractivity contribution in [2.45, 2.75) is 0 Å². The van der Waals surface area contributed by atoms with Gasteiger partial charge in [0, 0.05) is 17.1 Å². The van der Waals surface area contributed by atoms with E-state index in [9.17, 15) is 13.6 Å². The van der Waals surface area contributed by atoms with Crippen molar-refractivity contribution >= 4 is 34.0 Å². The molecular weight excluding hydrogens is 344 g/mol. The summed E-state index contributed by atoms with van der Waals surface area (Å²) < 4.78 is 27.0. The van der Waals surface area contributed by atoms with Crippen LogP contribution in [0.25, 0.3) is 11.3 Å². The summed E-state index contributed by atoms with van der Waals surface area (Å²) >= 11 is 6.94. The lowest BCUT2D eigenvalue weighted by Gasteiger charge is -2.03. The number of hydrogen-bond donors (Lipinski definition) is 1. The fraction of sp³-hybridized carbons (Fsp3) is 0. The third-order valence-electron chi connectivity index (χ3n) is 2.93. The number of carbonyl (C=O) groups excluding carboxylic acids is 1. The zero-order valence-electron chi connectivity index (χ0n) is 11.4. The first-order valence-corrected chi connectivity index (χ1v) is 7.63. The first-order valence-electron chi connectivity index (χ1n) is 6.37. The number of nitrogens with zero attached hydrogens (tertiary/aromatic N) is 2. The highest BCUT2D eigenvalue weighted by Gasteiger charge is 2.15. The molecule has 0 radical (unpaired) electrons. The molecule has 2 aromatic heterocycles. The Labute approximate surface area is 138 Å². The molecule has 2 heterocycles. The molecule has 23 heavy (non-hydrogen) atoms. The molecule has 0 saturated carbocycles. The largest absolute Gasteiger partial charge is 0.298 e. The van der Waals surface area contributed by atoms with Gasteiger partial charge in [-0.25, -0.2) is 18.7 Å². The molecule has 3 rings (SSSR count). The molecule has 0 unspecified atom stereocenters. The van der Waals surface area contributed by atoms with E-state index in [1.165, 1.54) is 17.6 Å². The predicted octanol–water partition coefficient (Wildman–Crippen LogP) is 4.39. The molecule has 0 bridgehead atoms. The molecule has 3 aromatic rings. The average molecular weight is 352 g/mol. The molecule has 0 saturated heterocycles. The number of aromatic nitrogens is 2. The van der Waals surface area contributed by atoms with Crippen molar-refractivity contribution in [3.63, 3.8) is 0 Å². The molecule has 0 atom stereocenters. The van der Waals surface area contributed by atoms with Crippen LogP contribution in [0.1, 0.15) is 10.4 Å². The van der Waals surface area contributed by atoms with Crippen LogP contribution >= 0.6 is 22.9 Å². The number of nitrogens with one attached hydrogen (secondary N) is 1. The van der Waals surface area contributed by atoms with Gasteiger partial charge in [0.15, 0.2) is 5.13 Å². The SMILES string of the molecule is O=C(Nc1nc(-c2cc(F)ccc2F)cs1)c1cccnc1Cl. The number of hydrogen-bond acceptors (Lipinski definition) is 4. The van der Waals surface area contributed by atoms with E-state index in [2.05, 4.69) is 15.3 Å². The van der Waals surface area contributed by atoms with Gasteiger partial charge in [-0.1, -0.05) is 11.6 Å². The van der Waals surface area contributed by atoms with Gasteiger partial charge >= 0.3 is 0 Å². The van der Waals surface area contributed by atoms with Crippen LogP contribution in [0.5, 0.6) is 0 Å². The van der Waals surface area contributed by atoms with E-state index >= 15 is 0 Å². The van der Waals surface area contributed by atoms with Crippen LogP contribution < -0.4 is 5.32 Å². The Hall–Kier alpha value is -2.38. The standard InChI is InChI=1S/C15H8ClF2N3OS/c16-13-9(2-1-5-19-13)14(22)21-15-20-12(7-23-15)10-6-8(17)3-4-11(10)18/h1-7H,(H,20,21,22). The molecule has 1 amide bonds. The van der Waals surface area contributed by atoms with Crippen molar-refractivity contribution in [2.24, 2.45) is 0 Å². The van der Waals surface area contributed by atoms with E-state index in [0.29, 0.717) is 0 Å². The number of benzene rings is 1. The molecule has 4 nitrogen and oxygen atoms in total. The topological polar surface area (TPSA) is 54.9 Å². The first-order chi connectivity index (χ1) is 11.0. The molecule has 8 heteroatoms. The second-order valence-electron chi connectivity index (χ2n) is 4.46. The Morgan fingerprint density at radius 3 is 2.87 bits per heavy atom. The number of amides is 1. The summed E-state index contributed by atoms with van der Waals surface area (Å²) in [6.07, 6.45) is 1.47. The molecule has 1 aromatic carbocycles. The number of carbonyl (C=O) groups is 1. The summed E-state index contributed by atoms with van der Waals surface area (Å²) in [6.45, 7) is 0. The van der Waals surface area contributed by atoms with E-state index in [0.717, 1.165) is 29.5 Å². The Balaban J connectivity index is 1.84. The van der Waals surface area contributed by atoms with Crippen molar-refractivity contribution in [3.8, 4) is 11.3 Å². The van der Waals surface area contributed by atoms with E-state index in [4.69, 9.17) is 11.6 Å². The lowest BCUT2D eigenvalue weighted by molar-refractivity contribution is 0.102. The zero-order valence-corrected chi connectivity index (χ0v) is 13.0. The van der Waals surface area contributed by atoms with E-state index in [1.54, 1.807) is 6.07 Å². The van der Waals surface area contributed by atoms with Gasteiger partial charge in [0.05, 0.1) is 11.3 Å². The number of rotatable bonds is 3. The number of anilines is 1. The van der Waals surface area contributed by atoms with Crippen molar-refractivity contribution in [1.82, 2.24) is 9.97 Å². The Bertz CT molecular complexity index is 885. The van der Waals surface area contributed by atoms with Crippen molar-refractivity contribution in [2.75, 3.05) is 5.32 Å². The molecule has 0 aliphatic heterocycles. The zero-order chi connectivity index (χ0) is 16.4. The third-order valence-corrected chi connectivity index (χ3v) is 3.99. The molecule has 0 spiro atoms. The van der Waals surface area contributed by atoms with Crippen molar-refractivity contribution in [1.29, 1.82) is 0 Å². The lowest BCUT2D eigenvalue weighted by Crippen LogP contribution is -2.12. The van der Waals surface area contributed by atoms with Crippen LogP contribution in [0.3, 0.4) is 0 Å². The maximum absolute atomic E-state index is 13.7. The average Bonchev–Trinajstić information content (AvgIpc) is 2.98. The highest BCUT2D eigenvalue weighted by atomic mass is 35.5. The normalized spacial score (nSPS) is 10.6. The molecule has 0 fully saturated rings. The number of pyridine rings is 1. The first kappa shape index (κ1) is 15.5.